The third-order valence-electron chi connectivity index (χ3n) is 1.39. The SMILES string of the molecule is O=C(O)CC(=O)C(CC(=O)O)C(=O)O. The molecule has 0 aliphatic rings. The number of Topliss-reactive ketones (excluding diaryl/α,β-unsaturated/α-hetero) is 1. The van der Waals surface area contributed by atoms with Crippen LogP contribution in [0.2, 0.25) is 0 Å². The van der Waals surface area contributed by atoms with E-state index >= 15 is 0 Å². The van der Waals surface area contributed by atoms with Gasteiger partial charge in [0.2, 0.25) is 0 Å². The summed E-state index contributed by atoms with van der Waals surface area (Å²) in [5, 5.41) is 24.9. The number of carbonyl (C=O) groups is 4. The molecule has 0 fully saturated rings. The zero-order chi connectivity index (χ0) is 11.3. The second-order valence-electron chi connectivity index (χ2n) is 2.53. The molecule has 0 saturated heterocycles. The van der Waals surface area contributed by atoms with Crippen molar-refractivity contribution in [2.45, 2.75) is 12.8 Å². The highest BCUT2D eigenvalue weighted by Gasteiger charge is 2.29. The van der Waals surface area contributed by atoms with E-state index in [-0.39, 0.29) is 0 Å². The molecule has 0 aromatic heterocycles. The Hall–Kier alpha value is -1.92. The van der Waals surface area contributed by atoms with Crippen LogP contribution < -0.4 is 0 Å². The van der Waals surface area contributed by atoms with E-state index in [1.807, 2.05) is 0 Å². The van der Waals surface area contributed by atoms with Crippen LogP contribution in [0.4, 0.5) is 0 Å². The fourth-order valence-corrected chi connectivity index (χ4v) is 0.786. The Kier molecular flexibility index (Phi) is 4.27. The molecule has 0 aromatic rings. The maximum absolute atomic E-state index is 10.9. The number of hydrogen-bond donors (Lipinski definition) is 3. The van der Waals surface area contributed by atoms with E-state index < -0.39 is 42.5 Å². The molecule has 0 bridgehead atoms. The predicted octanol–water partition coefficient (Wildman–Crippen LogP) is -0.794. The Morgan fingerprint density at radius 2 is 1.43 bits per heavy atom. The van der Waals surface area contributed by atoms with E-state index in [1.165, 1.54) is 0 Å². The lowest BCUT2D eigenvalue weighted by atomic mass is 9.98. The summed E-state index contributed by atoms with van der Waals surface area (Å²) < 4.78 is 0. The summed E-state index contributed by atoms with van der Waals surface area (Å²) in [6.07, 6.45) is -1.88. The minimum absolute atomic E-state index is 0.901. The second-order valence-corrected chi connectivity index (χ2v) is 2.53. The number of ketones is 1. The summed E-state index contributed by atoms with van der Waals surface area (Å²) in [6, 6.07) is 0. The lowest BCUT2D eigenvalue weighted by molar-refractivity contribution is -0.153. The third-order valence-corrected chi connectivity index (χ3v) is 1.39. The van der Waals surface area contributed by atoms with Crippen molar-refractivity contribution >= 4 is 23.7 Å². The molecule has 14 heavy (non-hydrogen) atoms. The lowest BCUT2D eigenvalue weighted by Crippen LogP contribution is -2.28. The van der Waals surface area contributed by atoms with E-state index in [4.69, 9.17) is 15.3 Å². The molecule has 0 rings (SSSR count). The van der Waals surface area contributed by atoms with Crippen LogP contribution in [0.15, 0.2) is 0 Å². The van der Waals surface area contributed by atoms with Crippen LogP contribution in [0.5, 0.6) is 0 Å². The summed E-state index contributed by atoms with van der Waals surface area (Å²) >= 11 is 0. The number of carboxylic acids is 3. The molecule has 0 spiro atoms. The number of hydrogen-bond acceptors (Lipinski definition) is 4. The summed E-state index contributed by atoms with van der Waals surface area (Å²) in [5.41, 5.74) is 0. The Morgan fingerprint density at radius 1 is 0.929 bits per heavy atom. The van der Waals surface area contributed by atoms with Gasteiger partial charge in [0.1, 0.15) is 12.3 Å². The molecule has 0 aliphatic heterocycles. The average molecular weight is 204 g/mol. The van der Waals surface area contributed by atoms with E-state index in [1.54, 1.807) is 0 Å². The molecular weight excluding hydrogens is 196 g/mol. The van der Waals surface area contributed by atoms with Crippen molar-refractivity contribution in [2.24, 2.45) is 5.92 Å². The minimum Gasteiger partial charge on any atom is -0.481 e. The van der Waals surface area contributed by atoms with Crippen LogP contribution in [0.25, 0.3) is 0 Å². The van der Waals surface area contributed by atoms with Gasteiger partial charge >= 0.3 is 17.9 Å². The van der Waals surface area contributed by atoms with Gasteiger partial charge in [-0.15, -0.1) is 0 Å². The molecule has 1 unspecified atom stereocenters. The molecule has 0 aromatic carbocycles. The Labute approximate surface area is 78.0 Å². The van der Waals surface area contributed by atoms with Gasteiger partial charge in [-0.1, -0.05) is 0 Å². The molecule has 7 heteroatoms. The fraction of sp³-hybridized carbons (Fsp3) is 0.429. The van der Waals surface area contributed by atoms with E-state index in [9.17, 15) is 19.2 Å². The van der Waals surface area contributed by atoms with Crippen LogP contribution in [0, 0.1) is 5.92 Å². The smallest absolute Gasteiger partial charge is 0.314 e. The van der Waals surface area contributed by atoms with E-state index in [0.29, 0.717) is 0 Å². The summed E-state index contributed by atoms with van der Waals surface area (Å²) in [7, 11) is 0. The number of carboxylic acid groups (broad SMARTS) is 3. The summed E-state index contributed by atoms with van der Waals surface area (Å²) in [5.74, 6) is -7.47. The van der Waals surface area contributed by atoms with Crippen molar-refractivity contribution in [2.75, 3.05) is 0 Å². The molecule has 3 N–H and O–H groups in total. The third kappa shape index (κ3) is 4.19. The molecular formula is C7H8O7. The van der Waals surface area contributed by atoms with Crippen LogP contribution in [0.3, 0.4) is 0 Å². The zero-order valence-electron chi connectivity index (χ0n) is 6.97. The number of aliphatic carboxylic acids is 3. The first-order chi connectivity index (χ1) is 6.34. The molecule has 1 atom stereocenters. The maximum Gasteiger partial charge on any atom is 0.314 e. The Morgan fingerprint density at radius 3 is 1.71 bits per heavy atom. The highest BCUT2D eigenvalue weighted by molar-refractivity contribution is 6.06. The van der Waals surface area contributed by atoms with Crippen LogP contribution in [-0.2, 0) is 19.2 Å². The molecule has 0 aliphatic carbocycles. The summed E-state index contributed by atoms with van der Waals surface area (Å²) in [4.78, 5) is 41.5. The quantitative estimate of drug-likeness (QED) is 0.483. The molecule has 0 heterocycles. The van der Waals surface area contributed by atoms with Gasteiger partial charge in [-0.25, -0.2) is 0 Å². The van der Waals surface area contributed by atoms with Crippen molar-refractivity contribution in [3.63, 3.8) is 0 Å². The van der Waals surface area contributed by atoms with Gasteiger partial charge in [0, 0.05) is 0 Å². The van der Waals surface area contributed by atoms with Crippen molar-refractivity contribution in [1.82, 2.24) is 0 Å². The number of rotatable bonds is 6. The van der Waals surface area contributed by atoms with Crippen molar-refractivity contribution in [1.29, 1.82) is 0 Å². The first kappa shape index (κ1) is 12.1. The van der Waals surface area contributed by atoms with Gasteiger partial charge in [0.25, 0.3) is 0 Å². The second kappa shape index (κ2) is 4.95. The first-order valence-corrected chi connectivity index (χ1v) is 3.53. The highest BCUT2D eigenvalue weighted by atomic mass is 16.4. The lowest BCUT2D eigenvalue weighted by Gasteiger charge is -2.06. The van der Waals surface area contributed by atoms with Crippen molar-refractivity contribution in [3.05, 3.63) is 0 Å². The monoisotopic (exact) mass is 204 g/mol. The number of carbonyl (C=O) groups excluding carboxylic acids is 1. The molecule has 0 saturated carbocycles. The molecule has 7 nitrogen and oxygen atoms in total. The summed E-state index contributed by atoms with van der Waals surface area (Å²) in [6.45, 7) is 0. The standard InChI is InChI=1S/C7H8O7/c8-4(2-6(11)12)3(7(13)14)1-5(9)10/h3H,1-2H2,(H,9,10)(H,11,12)(H,13,14). The van der Waals surface area contributed by atoms with Crippen molar-refractivity contribution < 1.29 is 34.5 Å². The van der Waals surface area contributed by atoms with Crippen LogP contribution >= 0.6 is 0 Å². The fourth-order valence-electron chi connectivity index (χ4n) is 0.786. The highest BCUT2D eigenvalue weighted by Crippen LogP contribution is 2.07. The van der Waals surface area contributed by atoms with Gasteiger partial charge in [0.05, 0.1) is 6.42 Å². The topological polar surface area (TPSA) is 129 Å². The largest absolute Gasteiger partial charge is 0.481 e. The normalized spacial score (nSPS) is 11.7. The Bertz CT molecular complexity index is 280. The van der Waals surface area contributed by atoms with Crippen molar-refractivity contribution in [3.8, 4) is 0 Å². The first-order valence-electron chi connectivity index (χ1n) is 3.53. The van der Waals surface area contributed by atoms with Gasteiger partial charge < -0.3 is 15.3 Å². The van der Waals surface area contributed by atoms with Gasteiger partial charge in [0.15, 0.2) is 5.78 Å². The molecule has 78 valence electrons. The van der Waals surface area contributed by atoms with Crippen LogP contribution in [0.1, 0.15) is 12.8 Å². The van der Waals surface area contributed by atoms with Crippen LogP contribution in [-0.4, -0.2) is 39.0 Å². The maximum atomic E-state index is 10.9. The Balaban J connectivity index is 4.49. The van der Waals surface area contributed by atoms with Gasteiger partial charge in [-0.05, 0) is 0 Å². The van der Waals surface area contributed by atoms with E-state index in [2.05, 4.69) is 0 Å². The molecule has 0 amide bonds. The molecule has 0 radical (unpaired) electrons. The predicted molar refractivity (Wildman–Crippen MR) is 40.6 cm³/mol. The van der Waals surface area contributed by atoms with Gasteiger partial charge in [-0.3, -0.25) is 19.2 Å². The minimum atomic E-state index is -1.79. The van der Waals surface area contributed by atoms with E-state index in [0.717, 1.165) is 0 Å². The average Bonchev–Trinajstić information content (AvgIpc) is 1.97. The van der Waals surface area contributed by atoms with Gasteiger partial charge in [-0.2, -0.15) is 0 Å². The zero-order valence-corrected chi connectivity index (χ0v) is 6.97.